The number of hydrogen-bond donors (Lipinski definition) is 1. The first kappa shape index (κ1) is 14.1. The summed E-state index contributed by atoms with van der Waals surface area (Å²) in [5.41, 5.74) is 0.426. The van der Waals surface area contributed by atoms with Gasteiger partial charge in [-0.3, -0.25) is 0 Å². The van der Waals surface area contributed by atoms with Crippen molar-refractivity contribution in [3.05, 3.63) is 21.9 Å². The minimum atomic E-state index is -0.232. The lowest BCUT2D eigenvalue weighted by Gasteiger charge is -2.38. The zero-order valence-electron chi connectivity index (χ0n) is 12.1. The average Bonchev–Trinajstić information content (AvgIpc) is 2.74. The van der Waals surface area contributed by atoms with Crippen LogP contribution in [0.5, 0.6) is 0 Å². The molecule has 18 heavy (non-hydrogen) atoms. The summed E-state index contributed by atoms with van der Waals surface area (Å²) >= 11 is 1.75. The van der Waals surface area contributed by atoms with Gasteiger partial charge in [-0.15, -0.1) is 11.3 Å². The van der Waals surface area contributed by atoms with Gasteiger partial charge < -0.3 is 5.11 Å². The van der Waals surface area contributed by atoms with Gasteiger partial charge in [0.1, 0.15) is 0 Å². The van der Waals surface area contributed by atoms with Crippen LogP contribution in [0.15, 0.2) is 12.1 Å². The molecule has 0 aromatic carbocycles. The summed E-state index contributed by atoms with van der Waals surface area (Å²) in [6, 6.07) is 4.21. The Morgan fingerprint density at radius 1 is 1.17 bits per heavy atom. The molecule has 1 aliphatic carbocycles. The number of hydrogen-bond acceptors (Lipinski definition) is 2. The Kier molecular flexibility index (Phi) is 4.18. The average molecular weight is 266 g/mol. The second-order valence-corrected chi connectivity index (χ2v) is 8.19. The van der Waals surface area contributed by atoms with Crippen LogP contribution < -0.4 is 0 Å². The van der Waals surface area contributed by atoms with Crippen molar-refractivity contribution in [1.29, 1.82) is 0 Å². The smallest absolute Gasteiger partial charge is 0.0910 e. The van der Waals surface area contributed by atoms with E-state index in [0.29, 0.717) is 11.3 Å². The molecule has 1 nitrogen and oxygen atoms in total. The first-order valence-electron chi connectivity index (χ1n) is 7.12. The highest BCUT2D eigenvalue weighted by Crippen LogP contribution is 2.44. The minimum absolute atomic E-state index is 0.232. The van der Waals surface area contributed by atoms with Crippen molar-refractivity contribution < 1.29 is 5.11 Å². The third-order valence-electron chi connectivity index (χ3n) is 4.50. The summed E-state index contributed by atoms with van der Waals surface area (Å²) < 4.78 is 0. The Labute approximate surface area is 115 Å². The summed E-state index contributed by atoms with van der Waals surface area (Å²) in [5, 5.41) is 10.5. The first-order chi connectivity index (χ1) is 8.38. The van der Waals surface area contributed by atoms with Crippen molar-refractivity contribution in [3.8, 4) is 0 Å². The van der Waals surface area contributed by atoms with Crippen LogP contribution in [-0.4, -0.2) is 5.11 Å². The molecule has 0 saturated heterocycles. The van der Waals surface area contributed by atoms with Gasteiger partial charge in [-0.05, 0) is 62.0 Å². The van der Waals surface area contributed by atoms with E-state index in [2.05, 4.69) is 39.8 Å². The van der Waals surface area contributed by atoms with Crippen molar-refractivity contribution in [2.24, 2.45) is 17.3 Å². The molecule has 1 fully saturated rings. The van der Waals surface area contributed by atoms with Crippen molar-refractivity contribution in [1.82, 2.24) is 0 Å². The highest BCUT2D eigenvalue weighted by atomic mass is 32.1. The van der Waals surface area contributed by atoms with Crippen LogP contribution in [0.1, 0.15) is 62.3 Å². The van der Waals surface area contributed by atoms with Gasteiger partial charge in [0.05, 0.1) is 6.10 Å². The Morgan fingerprint density at radius 3 is 2.22 bits per heavy atom. The molecule has 0 amide bonds. The van der Waals surface area contributed by atoms with E-state index in [4.69, 9.17) is 0 Å². The molecule has 102 valence electrons. The lowest BCUT2D eigenvalue weighted by Crippen LogP contribution is -2.27. The predicted octanol–water partition coefficient (Wildman–Crippen LogP) is 4.94. The SMILES string of the molecule is Cc1ccc(C(O)C2CCC(C(C)(C)C)CC2)s1. The maximum absolute atomic E-state index is 10.5. The second kappa shape index (κ2) is 5.34. The van der Waals surface area contributed by atoms with E-state index in [9.17, 15) is 5.11 Å². The second-order valence-electron chi connectivity index (χ2n) is 6.87. The molecule has 1 aliphatic rings. The number of aryl methyl sites for hydroxylation is 1. The first-order valence-corrected chi connectivity index (χ1v) is 7.94. The Balaban J connectivity index is 1.94. The summed E-state index contributed by atoms with van der Waals surface area (Å²) in [7, 11) is 0. The van der Waals surface area contributed by atoms with E-state index in [0.717, 1.165) is 10.8 Å². The number of aliphatic hydroxyl groups is 1. The molecule has 1 unspecified atom stereocenters. The molecule has 2 rings (SSSR count). The van der Waals surface area contributed by atoms with Crippen LogP contribution in [0.4, 0.5) is 0 Å². The van der Waals surface area contributed by atoms with E-state index in [1.807, 2.05) is 0 Å². The molecule has 1 saturated carbocycles. The summed E-state index contributed by atoms with van der Waals surface area (Å²) in [5.74, 6) is 1.30. The van der Waals surface area contributed by atoms with Gasteiger partial charge in [-0.1, -0.05) is 20.8 Å². The zero-order valence-corrected chi connectivity index (χ0v) is 12.9. The fraction of sp³-hybridized carbons (Fsp3) is 0.750. The fourth-order valence-corrected chi connectivity index (χ4v) is 4.10. The molecule has 2 heteroatoms. The lowest BCUT2D eigenvalue weighted by atomic mass is 9.69. The van der Waals surface area contributed by atoms with Gasteiger partial charge in [-0.25, -0.2) is 0 Å². The normalized spacial score (nSPS) is 27.2. The summed E-state index contributed by atoms with van der Waals surface area (Å²) in [6.07, 6.45) is 4.68. The van der Waals surface area contributed by atoms with Gasteiger partial charge in [0.25, 0.3) is 0 Å². The maximum atomic E-state index is 10.5. The molecular weight excluding hydrogens is 240 g/mol. The standard InChI is InChI=1S/C16H26OS/c1-11-5-10-14(18-11)15(17)12-6-8-13(9-7-12)16(2,3)4/h5,10,12-13,15,17H,6-9H2,1-4H3. The predicted molar refractivity (Wildman–Crippen MR) is 78.9 cm³/mol. The fourth-order valence-electron chi connectivity index (χ4n) is 3.15. The molecule has 1 heterocycles. The van der Waals surface area contributed by atoms with Crippen LogP contribution >= 0.6 is 11.3 Å². The third-order valence-corrected chi connectivity index (χ3v) is 5.57. The molecule has 1 atom stereocenters. The van der Waals surface area contributed by atoms with Gasteiger partial charge >= 0.3 is 0 Å². The van der Waals surface area contributed by atoms with Crippen LogP contribution in [0.2, 0.25) is 0 Å². The zero-order chi connectivity index (χ0) is 13.3. The van der Waals surface area contributed by atoms with Gasteiger partial charge in [0.2, 0.25) is 0 Å². The monoisotopic (exact) mass is 266 g/mol. The van der Waals surface area contributed by atoms with E-state index in [-0.39, 0.29) is 6.10 Å². The Bertz CT molecular complexity index is 380. The quantitative estimate of drug-likeness (QED) is 0.803. The van der Waals surface area contributed by atoms with E-state index >= 15 is 0 Å². The molecule has 0 radical (unpaired) electrons. The Hall–Kier alpha value is -0.340. The molecule has 0 bridgehead atoms. The van der Waals surface area contributed by atoms with Crippen molar-refractivity contribution in [3.63, 3.8) is 0 Å². The van der Waals surface area contributed by atoms with E-state index in [1.165, 1.54) is 30.6 Å². The van der Waals surface area contributed by atoms with Crippen molar-refractivity contribution >= 4 is 11.3 Å². The number of aliphatic hydroxyl groups excluding tert-OH is 1. The topological polar surface area (TPSA) is 20.2 Å². The summed E-state index contributed by atoms with van der Waals surface area (Å²) in [6.45, 7) is 9.14. The number of thiophene rings is 1. The highest BCUT2D eigenvalue weighted by Gasteiger charge is 2.33. The maximum Gasteiger partial charge on any atom is 0.0910 e. The highest BCUT2D eigenvalue weighted by molar-refractivity contribution is 7.12. The lowest BCUT2D eigenvalue weighted by molar-refractivity contribution is 0.0550. The van der Waals surface area contributed by atoms with Crippen molar-refractivity contribution in [2.75, 3.05) is 0 Å². The molecule has 0 aliphatic heterocycles. The molecular formula is C16H26OS. The van der Waals surface area contributed by atoms with E-state index < -0.39 is 0 Å². The van der Waals surface area contributed by atoms with Crippen LogP contribution in [-0.2, 0) is 0 Å². The van der Waals surface area contributed by atoms with Crippen molar-refractivity contribution in [2.45, 2.75) is 59.5 Å². The minimum Gasteiger partial charge on any atom is -0.387 e. The number of rotatable bonds is 2. The van der Waals surface area contributed by atoms with Gasteiger partial charge in [0.15, 0.2) is 0 Å². The third kappa shape index (κ3) is 3.16. The van der Waals surface area contributed by atoms with Crippen LogP contribution in [0.25, 0.3) is 0 Å². The van der Waals surface area contributed by atoms with Crippen LogP contribution in [0.3, 0.4) is 0 Å². The van der Waals surface area contributed by atoms with E-state index in [1.54, 1.807) is 11.3 Å². The molecule has 0 spiro atoms. The summed E-state index contributed by atoms with van der Waals surface area (Å²) in [4.78, 5) is 2.46. The van der Waals surface area contributed by atoms with Crippen LogP contribution in [0, 0.1) is 24.2 Å². The molecule has 1 aromatic heterocycles. The molecule has 1 aromatic rings. The molecule has 1 N–H and O–H groups in total. The largest absolute Gasteiger partial charge is 0.387 e. The van der Waals surface area contributed by atoms with Gasteiger partial charge in [0, 0.05) is 9.75 Å². The Morgan fingerprint density at radius 2 is 1.78 bits per heavy atom. The van der Waals surface area contributed by atoms with Gasteiger partial charge in [-0.2, -0.15) is 0 Å².